The Labute approximate surface area is 117 Å². The van der Waals surface area contributed by atoms with E-state index in [4.69, 9.17) is 0 Å². The third-order valence-electron chi connectivity index (χ3n) is 3.90. The highest BCUT2D eigenvalue weighted by molar-refractivity contribution is 7.99. The Kier molecular flexibility index (Phi) is 8.31. The van der Waals surface area contributed by atoms with Gasteiger partial charge in [0.05, 0.1) is 6.61 Å². The zero-order valence-electron chi connectivity index (χ0n) is 12.2. The molecular weight excluding hydrogens is 244 g/mol. The van der Waals surface area contributed by atoms with Crippen LogP contribution in [-0.2, 0) is 0 Å². The normalized spacial score (nSPS) is 25.7. The van der Waals surface area contributed by atoms with Crippen LogP contribution in [-0.4, -0.2) is 59.8 Å². The molecule has 1 fully saturated rings. The molecule has 0 aromatic heterocycles. The zero-order chi connectivity index (χ0) is 13.4. The average Bonchev–Trinajstić information content (AvgIpc) is 2.57. The molecule has 108 valence electrons. The predicted molar refractivity (Wildman–Crippen MR) is 81.4 cm³/mol. The summed E-state index contributed by atoms with van der Waals surface area (Å²) in [6, 6.07) is 1.02. The van der Waals surface area contributed by atoms with E-state index in [0.717, 1.165) is 0 Å². The summed E-state index contributed by atoms with van der Waals surface area (Å²) in [4.78, 5) is 2.59. The predicted octanol–water partition coefficient (Wildman–Crippen LogP) is 1.95. The van der Waals surface area contributed by atoms with Gasteiger partial charge in [-0.25, -0.2) is 0 Å². The lowest BCUT2D eigenvalue weighted by molar-refractivity contribution is 0.263. The van der Waals surface area contributed by atoms with Crippen molar-refractivity contribution in [2.75, 3.05) is 32.5 Å². The lowest BCUT2D eigenvalue weighted by Crippen LogP contribution is -2.44. The topological polar surface area (TPSA) is 35.5 Å². The van der Waals surface area contributed by atoms with Crippen molar-refractivity contribution in [1.82, 2.24) is 10.2 Å². The Morgan fingerprint density at radius 3 is 2.78 bits per heavy atom. The molecule has 4 heteroatoms. The number of thioether (sulfide) groups is 1. The van der Waals surface area contributed by atoms with Crippen LogP contribution in [0.1, 0.15) is 39.5 Å². The number of hydrogen-bond acceptors (Lipinski definition) is 4. The number of aliphatic hydroxyl groups excluding tert-OH is 1. The van der Waals surface area contributed by atoms with Crippen molar-refractivity contribution in [2.24, 2.45) is 0 Å². The van der Waals surface area contributed by atoms with Gasteiger partial charge in [-0.05, 0) is 58.5 Å². The summed E-state index contributed by atoms with van der Waals surface area (Å²) >= 11 is 1.76. The van der Waals surface area contributed by atoms with Crippen molar-refractivity contribution in [3.05, 3.63) is 0 Å². The highest BCUT2D eigenvalue weighted by atomic mass is 32.2. The molecule has 18 heavy (non-hydrogen) atoms. The molecule has 2 N–H and O–H groups in total. The molecule has 1 aliphatic rings. The van der Waals surface area contributed by atoms with Crippen LogP contribution < -0.4 is 5.32 Å². The molecular formula is C14H30N2OS. The SMILES string of the molecule is CCCN1CCCC(NC(C)C(CO)SC)CC1. The number of nitrogens with zero attached hydrogens (tertiary/aromatic N) is 1. The molecule has 0 radical (unpaired) electrons. The van der Waals surface area contributed by atoms with Gasteiger partial charge in [-0.1, -0.05) is 6.92 Å². The largest absolute Gasteiger partial charge is 0.395 e. The first-order valence-corrected chi connectivity index (χ1v) is 8.62. The first kappa shape index (κ1) is 16.3. The Hall–Kier alpha value is 0.230. The number of likely N-dealkylation sites (tertiary alicyclic amines) is 1. The van der Waals surface area contributed by atoms with Crippen molar-refractivity contribution in [3.63, 3.8) is 0 Å². The van der Waals surface area contributed by atoms with E-state index in [1.807, 2.05) is 0 Å². The second-order valence-corrected chi connectivity index (χ2v) is 6.46. The lowest BCUT2D eigenvalue weighted by atomic mass is 10.1. The van der Waals surface area contributed by atoms with E-state index < -0.39 is 0 Å². The van der Waals surface area contributed by atoms with Gasteiger partial charge in [0.15, 0.2) is 0 Å². The molecule has 1 aliphatic heterocycles. The summed E-state index contributed by atoms with van der Waals surface area (Å²) < 4.78 is 0. The molecule has 1 rings (SSSR count). The van der Waals surface area contributed by atoms with Crippen LogP contribution in [0.15, 0.2) is 0 Å². The Balaban J connectivity index is 2.34. The molecule has 0 aliphatic carbocycles. The van der Waals surface area contributed by atoms with Crippen molar-refractivity contribution >= 4 is 11.8 Å². The standard InChI is InChI=1S/C14H30N2OS/c1-4-8-16-9-5-6-13(7-10-16)15-12(2)14(11-17)18-3/h12-15,17H,4-11H2,1-3H3. The van der Waals surface area contributed by atoms with E-state index in [-0.39, 0.29) is 6.61 Å². The van der Waals surface area contributed by atoms with Gasteiger partial charge in [0.25, 0.3) is 0 Å². The van der Waals surface area contributed by atoms with E-state index in [9.17, 15) is 5.11 Å². The fraction of sp³-hybridized carbons (Fsp3) is 1.00. The van der Waals surface area contributed by atoms with Crippen LogP contribution in [0.5, 0.6) is 0 Å². The summed E-state index contributed by atoms with van der Waals surface area (Å²) in [5.41, 5.74) is 0. The molecule has 3 nitrogen and oxygen atoms in total. The number of rotatable bonds is 7. The molecule has 0 aromatic carbocycles. The maximum Gasteiger partial charge on any atom is 0.0564 e. The fourth-order valence-electron chi connectivity index (χ4n) is 2.78. The van der Waals surface area contributed by atoms with E-state index >= 15 is 0 Å². The second kappa shape index (κ2) is 9.18. The first-order chi connectivity index (χ1) is 8.71. The molecule has 1 heterocycles. The maximum absolute atomic E-state index is 9.32. The van der Waals surface area contributed by atoms with Crippen LogP contribution in [0.25, 0.3) is 0 Å². The highest BCUT2D eigenvalue weighted by Gasteiger charge is 2.21. The summed E-state index contributed by atoms with van der Waals surface area (Å²) in [5.74, 6) is 0. The van der Waals surface area contributed by atoms with Crippen LogP contribution >= 0.6 is 11.8 Å². The third-order valence-corrected chi connectivity index (χ3v) is 5.06. The van der Waals surface area contributed by atoms with Crippen molar-refractivity contribution in [3.8, 4) is 0 Å². The van der Waals surface area contributed by atoms with Gasteiger partial charge in [0.1, 0.15) is 0 Å². The van der Waals surface area contributed by atoms with Gasteiger partial charge in [0.2, 0.25) is 0 Å². The van der Waals surface area contributed by atoms with E-state index in [1.54, 1.807) is 11.8 Å². The zero-order valence-corrected chi connectivity index (χ0v) is 13.0. The lowest BCUT2D eigenvalue weighted by Gasteiger charge is -2.27. The number of aliphatic hydroxyl groups is 1. The summed E-state index contributed by atoms with van der Waals surface area (Å²) in [6.07, 6.45) is 7.16. The Bertz CT molecular complexity index is 212. The second-order valence-electron chi connectivity index (χ2n) is 5.38. The monoisotopic (exact) mass is 274 g/mol. The first-order valence-electron chi connectivity index (χ1n) is 7.33. The molecule has 0 bridgehead atoms. The molecule has 0 spiro atoms. The molecule has 0 amide bonds. The maximum atomic E-state index is 9.32. The van der Waals surface area contributed by atoms with Crippen LogP contribution in [0.3, 0.4) is 0 Å². The molecule has 1 saturated heterocycles. The van der Waals surface area contributed by atoms with E-state index in [0.29, 0.717) is 17.3 Å². The van der Waals surface area contributed by atoms with Gasteiger partial charge in [-0.2, -0.15) is 11.8 Å². The minimum atomic E-state index is 0.268. The molecule has 3 atom stereocenters. The minimum absolute atomic E-state index is 0.268. The average molecular weight is 274 g/mol. The minimum Gasteiger partial charge on any atom is -0.395 e. The van der Waals surface area contributed by atoms with Gasteiger partial charge >= 0.3 is 0 Å². The summed E-state index contributed by atoms with van der Waals surface area (Å²) in [7, 11) is 0. The number of nitrogens with one attached hydrogen (secondary N) is 1. The quantitative estimate of drug-likeness (QED) is 0.744. The van der Waals surface area contributed by atoms with Gasteiger partial charge < -0.3 is 15.3 Å². The fourth-order valence-corrected chi connectivity index (χ4v) is 3.41. The Morgan fingerprint density at radius 2 is 2.17 bits per heavy atom. The Morgan fingerprint density at radius 1 is 1.39 bits per heavy atom. The summed E-state index contributed by atoms with van der Waals surface area (Å²) in [5, 5.41) is 13.4. The molecule has 3 unspecified atom stereocenters. The van der Waals surface area contributed by atoms with Crippen molar-refractivity contribution in [2.45, 2.75) is 56.9 Å². The van der Waals surface area contributed by atoms with Crippen LogP contribution in [0.4, 0.5) is 0 Å². The van der Waals surface area contributed by atoms with Gasteiger partial charge in [-0.3, -0.25) is 0 Å². The van der Waals surface area contributed by atoms with Gasteiger partial charge in [-0.15, -0.1) is 0 Å². The highest BCUT2D eigenvalue weighted by Crippen LogP contribution is 2.15. The van der Waals surface area contributed by atoms with Crippen LogP contribution in [0, 0.1) is 0 Å². The smallest absolute Gasteiger partial charge is 0.0564 e. The third kappa shape index (κ3) is 5.47. The van der Waals surface area contributed by atoms with E-state index in [2.05, 4.69) is 30.3 Å². The molecule has 0 saturated carbocycles. The van der Waals surface area contributed by atoms with E-state index in [1.165, 1.54) is 45.3 Å². The van der Waals surface area contributed by atoms with Gasteiger partial charge in [0, 0.05) is 17.3 Å². The molecule has 0 aromatic rings. The number of hydrogen-bond donors (Lipinski definition) is 2. The van der Waals surface area contributed by atoms with Crippen molar-refractivity contribution in [1.29, 1.82) is 0 Å². The van der Waals surface area contributed by atoms with Crippen LogP contribution in [0.2, 0.25) is 0 Å². The van der Waals surface area contributed by atoms with Crippen molar-refractivity contribution < 1.29 is 5.11 Å². The summed E-state index contributed by atoms with van der Waals surface area (Å²) in [6.45, 7) is 8.45.